The van der Waals surface area contributed by atoms with Crippen LogP contribution in [-0.2, 0) is 21.2 Å². The molecule has 4 aromatic rings. The topological polar surface area (TPSA) is 137 Å². The summed E-state index contributed by atoms with van der Waals surface area (Å²) in [5.41, 5.74) is 6.43. The van der Waals surface area contributed by atoms with E-state index in [0.29, 0.717) is 32.9 Å². The number of pyridine rings is 1. The second-order valence-corrected chi connectivity index (χ2v) is 11.9. The molecule has 0 saturated heterocycles. The molecular formula is C25H22Cl3N5O4S. The first-order valence-electron chi connectivity index (χ1n) is 11.1. The minimum atomic E-state index is -4.18. The highest BCUT2D eigenvalue weighted by atomic mass is 35.5. The van der Waals surface area contributed by atoms with Crippen LogP contribution in [0.25, 0.3) is 22.0 Å². The van der Waals surface area contributed by atoms with Crippen molar-refractivity contribution in [2.24, 2.45) is 11.1 Å². The first kappa shape index (κ1) is 27.8. The van der Waals surface area contributed by atoms with Crippen molar-refractivity contribution < 1.29 is 17.9 Å². The van der Waals surface area contributed by atoms with Gasteiger partial charge in [0.15, 0.2) is 4.90 Å². The summed E-state index contributed by atoms with van der Waals surface area (Å²) in [6.45, 7) is 3.46. The number of nitrogens with two attached hydrogens (primary N) is 1. The van der Waals surface area contributed by atoms with Crippen molar-refractivity contribution in [1.29, 1.82) is 0 Å². The molecule has 0 aliphatic rings. The van der Waals surface area contributed by atoms with Crippen molar-refractivity contribution in [3.8, 4) is 17.0 Å². The van der Waals surface area contributed by atoms with Crippen LogP contribution in [0.1, 0.15) is 19.7 Å². The maximum Gasteiger partial charge on any atom is 0.267 e. The molecule has 1 amide bonds. The minimum Gasteiger partial charge on any atom is -0.480 e. The lowest BCUT2D eigenvalue weighted by Gasteiger charge is -2.19. The average Bonchev–Trinajstić information content (AvgIpc) is 2.85. The fraction of sp³-hybridized carbons (Fsp3) is 0.200. The van der Waals surface area contributed by atoms with E-state index in [9.17, 15) is 13.2 Å². The van der Waals surface area contributed by atoms with Gasteiger partial charge in [0, 0.05) is 29.8 Å². The molecule has 2 aromatic carbocycles. The largest absolute Gasteiger partial charge is 0.480 e. The van der Waals surface area contributed by atoms with E-state index in [1.54, 1.807) is 38.2 Å². The molecule has 4 rings (SSSR count). The molecule has 0 bridgehead atoms. The summed E-state index contributed by atoms with van der Waals surface area (Å²) in [6, 6.07) is 9.51. The first-order chi connectivity index (χ1) is 17.8. The maximum atomic E-state index is 13.1. The smallest absolute Gasteiger partial charge is 0.267 e. The SMILES string of the molecule is COc1ncc(Cl)cc1S(=O)(=O)Nc1ccc(Cl)c(-c2ccc3nc(CC(C)(C)C(N)=O)ncc3c2)c1Cl. The van der Waals surface area contributed by atoms with Crippen molar-refractivity contribution in [2.45, 2.75) is 25.2 Å². The Balaban J connectivity index is 1.71. The Kier molecular flexibility index (Phi) is 7.72. The standard InChI is InChI=1S/C25H22Cl3N5O4S/c1-25(2,24(29)34)10-20-30-11-14-8-13(4-6-17(14)32-20)21-16(27)5-7-18(22(21)28)33-38(35,36)19-9-15(26)12-31-23(19)37-3/h4-9,11-12,33H,10H2,1-3H3,(H2,29,34). The van der Waals surface area contributed by atoms with Crippen molar-refractivity contribution in [1.82, 2.24) is 15.0 Å². The van der Waals surface area contributed by atoms with Crippen molar-refractivity contribution in [3.05, 3.63) is 69.7 Å². The number of sulfonamides is 1. The van der Waals surface area contributed by atoms with Crippen molar-refractivity contribution >= 4 is 67.3 Å². The van der Waals surface area contributed by atoms with Gasteiger partial charge in [0.2, 0.25) is 11.8 Å². The second-order valence-electron chi connectivity index (χ2n) is 9.04. The molecule has 0 fully saturated rings. The van der Waals surface area contributed by atoms with Crippen LogP contribution in [0.5, 0.6) is 5.88 Å². The van der Waals surface area contributed by atoms with Gasteiger partial charge in [-0.2, -0.15) is 0 Å². The Morgan fingerprint density at radius 1 is 1.08 bits per heavy atom. The van der Waals surface area contributed by atoms with Gasteiger partial charge in [0.25, 0.3) is 10.0 Å². The number of methoxy groups -OCH3 is 1. The van der Waals surface area contributed by atoms with Gasteiger partial charge >= 0.3 is 0 Å². The number of anilines is 1. The molecule has 9 nitrogen and oxygen atoms in total. The van der Waals surface area contributed by atoms with Crippen molar-refractivity contribution in [2.75, 3.05) is 11.8 Å². The Bertz CT molecular complexity index is 1680. The molecule has 0 aliphatic carbocycles. The first-order valence-corrected chi connectivity index (χ1v) is 13.7. The number of nitrogens with one attached hydrogen (secondary N) is 1. The van der Waals surface area contributed by atoms with Gasteiger partial charge in [-0.05, 0) is 35.9 Å². The molecule has 0 atom stereocenters. The van der Waals surface area contributed by atoms with E-state index in [1.165, 1.54) is 31.5 Å². The number of benzene rings is 2. The lowest BCUT2D eigenvalue weighted by molar-refractivity contribution is -0.126. The van der Waals surface area contributed by atoms with E-state index in [2.05, 4.69) is 19.7 Å². The number of halogens is 3. The zero-order valence-electron chi connectivity index (χ0n) is 20.4. The predicted octanol–water partition coefficient (Wildman–Crippen LogP) is 5.52. The van der Waals surface area contributed by atoms with Gasteiger partial charge in [-0.3, -0.25) is 9.52 Å². The third-order valence-electron chi connectivity index (χ3n) is 5.79. The molecule has 0 radical (unpaired) electrons. The normalized spacial score (nSPS) is 11.9. The molecule has 0 unspecified atom stereocenters. The average molecular weight is 595 g/mol. The van der Waals surface area contributed by atoms with E-state index >= 15 is 0 Å². The summed E-state index contributed by atoms with van der Waals surface area (Å²) in [6.07, 6.45) is 3.19. The number of hydrogen-bond acceptors (Lipinski definition) is 7. The molecule has 13 heteroatoms. The summed E-state index contributed by atoms with van der Waals surface area (Å²) >= 11 is 19.1. The molecule has 0 saturated carbocycles. The monoisotopic (exact) mass is 593 g/mol. The third kappa shape index (κ3) is 5.63. The van der Waals surface area contributed by atoms with E-state index in [-0.39, 0.29) is 32.9 Å². The van der Waals surface area contributed by atoms with Crippen LogP contribution in [0.15, 0.2) is 53.7 Å². The number of fused-ring (bicyclic) bond motifs is 1. The Hall–Kier alpha value is -3.18. The highest BCUT2D eigenvalue weighted by Gasteiger charge is 2.27. The molecule has 2 heterocycles. The number of amides is 1. The fourth-order valence-corrected chi connectivity index (χ4v) is 5.78. The Labute approximate surface area is 234 Å². The second kappa shape index (κ2) is 10.5. The van der Waals surface area contributed by atoms with Gasteiger partial charge in [0.1, 0.15) is 5.82 Å². The number of aromatic nitrogens is 3. The predicted molar refractivity (Wildman–Crippen MR) is 148 cm³/mol. The quantitative estimate of drug-likeness (QED) is 0.274. The van der Waals surface area contributed by atoms with E-state index in [4.69, 9.17) is 45.3 Å². The van der Waals surface area contributed by atoms with E-state index in [0.717, 1.165) is 0 Å². The fourth-order valence-electron chi connectivity index (χ4n) is 3.64. The zero-order valence-corrected chi connectivity index (χ0v) is 23.5. The minimum absolute atomic E-state index is 0.0788. The molecular weight excluding hydrogens is 573 g/mol. The number of nitrogens with zero attached hydrogens (tertiary/aromatic N) is 3. The highest BCUT2D eigenvalue weighted by molar-refractivity contribution is 7.92. The van der Waals surface area contributed by atoms with Crippen LogP contribution in [0.3, 0.4) is 0 Å². The number of carbonyl (C=O) groups is 1. The number of carbonyl (C=O) groups excluding carboxylic acids is 1. The van der Waals surface area contributed by atoms with Crippen LogP contribution in [0, 0.1) is 5.41 Å². The lowest BCUT2D eigenvalue weighted by Crippen LogP contribution is -2.33. The number of ether oxygens (including phenoxy) is 1. The summed E-state index contributed by atoms with van der Waals surface area (Å²) in [5, 5.41) is 1.19. The van der Waals surface area contributed by atoms with Gasteiger partial charge in [-0.25, -0.2) is 23.4 Å². The van der Waals surface area contributed by atoms with Gasteiger partial charge in [0.05, 0.1) is 38.8 Å². The Morgan fingerprint density at radius 3 is 2.50 bits per heavy atom. The van der Waals surface area contributed by atoms with Crippen molar-refractivity contribution in [3.63, 3.8) is 0 Å². The van der Waals surface area contributed by atoms with Gasteiger partial charge in [-0.15, -0.1) is 0 Å². The molecule has 38 heavy (non-hydrogen) atoms. The van der Waals surface area contributed by atoms with Crippen LogP contribution in [0.2, 0.25) is 15.1 Å². The molecule has 0 aliphatic heterocycles. The number of hydrogen-bond donors (Lipinski definition) is 2. The maximum absolute atomic E-state index is 13.1. The van der Waals surface area contributed by atoms with Crippen LogP contribution in [-0.4, -0.2) is 36.4 Å². The summed E-state index contributed by atoms with van der Waals surface area (Å²) < 4.78 is 33.8. The summed E-state index contributed by atoms with van der Waals surface area (Å²) in [7, 11) is -2.88. The highest BCUT2D eigenvalue weighted by Crippen LogP contribution is 2.41. The summed E-state index contributed by atoms with van der Waals surface area (Å²) in [4.78, 5) is 24.2. The van der Waals surface area contributed by atoms with E-state index in [1.807, 2.05) is 0 Å². The number of primary amides is 1. The summed E-state index contributed by atoms with van der Waals surface area (Å²) in [5.74, 6) is -0.0887. The molecule has 2 aromatic heterocycles. The van der Waals surface area contributed by atoms with Gasteiger partial charge in [-0.1, -0.05) is 54.7 Å². The number of rotatable bonds is 8. The van der Waals surface area contributed by atoms with Crippen LogP contribution < -0.4 is 15.2 Å². The third-order valence-corrected chi connectivity index (χ3v) is 8.06. The Morgan fingerprint density at radius 2 is 1.82 bits per heavy atom. The molecule has 0 spiro atoms. The van der Waals surface area contributed by atoms with Crippen LogP contribution in [0.4, 0.5) is 5.69 Å². The van der Waals surface area contributed by atoms with Gasteiger partial charge < -0.3 is 10.5 Å². The zero-order chi connectivity index (χ0) is 27.8. The van der Waals surface area contributed by atoms with Crippen LogP contribution >= 0.6 is 34.8 Å². The lowest BCUT2D eigenvalue weighted by atomic mass is 9.88. The van der Waals surface area contributed by atoms with E-state index < -0.39 is 21.3 Å². The molecule has 3 N–H and O–H groups in total. The molecule has 198 valence electrons.